The predicted molar refractivity (Wildman–Crippen MR) is 57.6 cm³/mol. The van der Waals surface area contributed by atoms with Crippen LogP contribution in [-0.2, 0) is 6.42 Å². The first kappa shape index (κ1) is 10.3. The summed E-state index contributed by atoms with van der Waals surface area (Å²) >= 11 is 0. The fourth-order valence-corrected chi connectivity index (χ4v) is 1.31. The second-order valence-corrected chi connectivity index (χ2v) is 3.19. The van der Waals surface area contributed by atoms with E-state index in [1.165, 1.54) is 18.4 Å². The number of nitrogens with one attached hydrogen (secondary N) is 1. The third kappa shape index (κ3) is 4.69. The van der Waals surface area contributed by atoms with Crippen LogP contribution < -0.4 is 5.32 Å². The average molecular weight is 176 g/mol. The second kappa shape index (κ2) is 6.67. The van der Waals surface area contributed by atoms with Gasteiger partial charge in [-0.1, -0.05) is 37.3 Å². The first-order valence-electron chi connectivity index (χ1n) is 4.97. The molecule has 0 aromatic heterocycles. The molecule has 0 aliphatic heterocycles. The first-order valence-corrected chi connectivity index (χ1v) is 4.97. The molecular weight excluding hydrogens is 158 g/mol. The molecular formula is C12H18N. The summed E-state index contributed by atoms with van der Waals surface area (Å²) in [7, 11) is 0. The van der Waals surface area contributed by atoms with E-state index in [4.69, 9.17) is 0 Å². The van der Waals surface area contributed by atoms with E-state index in [1.807, 2.05) is 0 Å². The van der Waals surface area contributed by atoms with Gasteiger partial charge in [0.05, 0.1) is 0 Å². The van der Waals surface area contributed by atoms with Crippen LogP contribution in [0.1, 0.15) is 18.4 Å². The molecule has 0 saturated carbocycles. The lowest BCUT2D eigenvalue weighted by molar-refractivity contribution is 0.652. The lowest BCUT2D eigenvalue weighted by atomic mass is 10.1. The Morgan fingerprint density at radius 1 is 1.08 bits per heavy atom. The third-order valence-electron chi connectivity index (χ3n) is 2.02. The molecule has 1 aromatic rings. The van der Waals surface area contributed by atoms with Gasteiger partial charge in [-0.3, -0.25) is 0 Å². The minimum absolute atomic E-state index is 0.978. The van der Waals surface area contributed by atoms with Crippen molar-refractivity contribution in [2.24, 2.45) is 0 Å². The number of hydrogen-bond donors (Lipinski definition) is 1. The van der Waals surface area contributed by atoms with Crippen molar-refractivity contribution in [3.05, 3.63) is 42.8 Å². The van der Waals surface area contributed by atoms with Crippen LogP contribution in [0.5, 0.6) is 0 Å². The molecule has 0 heterocycles. The number of hydrogen-bond acceptors (Lipinski definition) is 1. The van der Waals surface area contributed by atoms with Gasteiger partial charge in [0.2, 0.25) is 0 Å². The Hall–Kier alpha value is -0.820. The van der Waals surface area contributed by atoms with E-state index in [-0.39, 0.29) is 0 Å². The van der Waals surface area contributed by atoms with Crippen molar-refractivity contribution in [2.45, 2.75) is 19.3 Å². The minimum atomic E-state index is 0.978. The lowest BCUT2D eigenvalue weighted by Gasteiger charge is -2.02. The van der Waals surface area contributed by atoms with Gasteiger partial charge in [-0.05, 0) is 37.9 Å². The van der Waals surface area contributed by atoms with Crippen LogP contribution in [0.3, 0.4) is 0 Å². The molecule has 1 rings (SSSR count). The highest BCUT2D eigenvalue weighted by atomic mass is 14.8. The molecule has 0 bridgehead atoms. The minimum Gasteiger partial charge on any atom is -0.317 e. The Kier molecular flexibility index (Phi) is 5.27. The van der Waals surface area contributed by atoms with Crippen molar-refractivity contribution in [1.82, 2.24) is 5.32 Å². The topological polar surface area (TPSA) is 12.0 Å². The maximum atomic E-state index is 3.78. The highest BCUT2D eigenvalue weighted by Gasteiger charge is 1.90. The van der Waals surface area contributed by atoms with E-state index in [2.05, 4.69) is 42.6 Å². The van der Waals surface area contributed by atoms with Gasteiger partial charge in [0, 0.05) is 0 Å². The summed E-state index contributed by atoms with van der Waals surface area (Å²) in [6, 6.07) is 10.6. The molecule has 1 N–H and O–H groups in total. The summed E-state index contributed by atoms with van der Waals surface area (Å²) in [5.41, 5.74) is 1.43. The van der Waals surface area contributed by atoms with Gasteiger partial charge in [0.25, 0.3) is 0 Å². The normalized spacial score (nSPS) is 10.2. The summed E-state index contributed by atoms with van der Waals surface area (Å²) < 4.78 is 0. The fraction of sp³-hybridized carbons (Fsp3) is 0.417. The molecule has 0 atom stereocenters. The molecule has 1 aromatic carbocycles. The van der Waals surface area contributed by atoms with Crippen molar-refractivity contribution in [3.63, 3.8) is 0 Å². The predicted octanol–water partition coefficient (Wildman–Crippen LogP) is 2.43. The van der Waals surface area contributed by atoms with E-state index in [1.54, 1.807) is 0 Å². The summed E-state index contributed by atoms with van der Waals surface area (Å²) in [6.45, 7) is 5.92. The monoisotopic (exact) mass is 176 g/mol. The third-order valence-corrected chi connectivity index (χ3v) is 2.02. The van der Waals surface area contributed by atoms with E-state index < -0.39 is 0 Å². The van der Waals surface area contributed by atoms with Crippen LogP contribution >= 0.6 is 0 Å². The van der Waals surface area contributed by atoms with Crippen molar-refractivity contribution < 1.29 is 0 Å². The Morgan fingerprint density at radius 2 is 1.85 bits per heavy atom. The molecule has 71 valence electrons. The molecule has 0 unspecified atom stereocenters. The van der Waals surface area contributed by atoms with Gasteiger partial charge in [0.1, 0.15) is 0 Å². The van der Waals surface area contributed by atoms with Crippen molar-refractivity contribution >= 4 is 0 Å². The lowest BCUT2D eigenvalue weighted by Crippen LogP contribution is -2.16. The zero-order valence-corrected chi connectivity index (χ0v) is 8.13. The molecule has 0 aliphatic carbocycles. The molecule has 0 aliphatic rings. The van der Waals surface area contributed by atoms with Gasteiger partial charge in [-0.2, -0.15) is 0 Å². The zero-order chi connectivity index (χ0) is 9.36. The van der Waals surface area contributed by atoms with Crippen LogP contribution in [0.4, 0.5) is 0 Å². The van der Waals surface area contributed by atoms with Gasteiger partial charge in [-0.15, -0.1) is 0 Å². The molecule has 0 amide bonds. The summed E-state index contributed by atoms with van der Waals surface area (Å²) in [4.78, 5) is 0. The molecule has 0 saturated heterocycles. The maximum absolute atomic E-state index is 3.78. The Morgan fingerprint density at radius 3 is 2.54 bits per heavy atom. The van der Waals surface area contributed by atoms with Gasteiger partial charge in [-0.25, -0.2) is 0 Å². The summed E-state index contributed by atoms with van der Waals surface area (Å²) in [5, 5.41) is 3.34. The second-order valence-electron chi connectivity index (χ2n) is 3.19. The van der Waals surface area contributed by atoms with E-state index in [0.29, 0.717) is 0 Å². The molecule has 13 heavy (non-hydrogen) atoms. The Labute approximate surface area is 81.2 Å². The van der Waals surface area contributed by atoms with Crippen LogP contribution in [0.15, 0.2) is 30.3 Å². The van der Waals surface area contributed by atoms with Crippen LogP contribution in [0.2, 0.25) is 0 Å². The van der Waals surface area contributed by atoms with E-state index >= 15 is 0 Å². The molecule has 0 fully saturated rings. The van der Waals surface area contributed by atoms with Gasteiger partial charge >= 0.3 is 0 Å². The standard InChI is InChI=1S/C12H18N/c1-2-10-13-11-6-9-12-7-4-3-5-8-12/h3-5,7-8,13H,1-2,6,9-11H2. The van der Waals surface area contributed by atoms with Gasteiger partial charge < -0.3 is 5.32 Å². The van der Waals surface area contributed by atoms with Crippen molar-refractivity contribution in [1.29, 1.82) is 0 Å². The van der Waals surface area contributed by atoms with Crippen molar-refractivity contribution in [2.75, 3.05) is 13.1 Å². The zero-order valence-electron chi connectivity index (χ0n) is 8.13. The highest BCUT2D eigenvalue weighted by Crippen LogP contribution is 2.01. The quantitative estimate of drug-likeness (QED) is 0.656. The van der Waals surface area contributed by atoms with E-state index in [9.17, 15) is 0 Å². The largest absolute Gasteiger partial charge is 0.317 e. The Balaban J connectivity index is 2.07. The number of benzene rings is 1. The Bertz CT molecular complexity index is 206. The van der Waals surface area contributed by atoms with Crippen LogP contribution in [0, 0.1) is 6.92 Å². The molecule has 1 radical (unpaired) electrons. The summed E-state index contributed by atoms with van der Waals surface area (Å²) in [6.07, 6.45) is 3.36. The molecule has 1 nitrogen and oxygen atoms in total. The SMILES string of the molecule is [CH2]CCNCCCc1ccccc1. The highest BCUT2D eigenvalue weighted by molar-refractivity contribution is 5.14. The van der Waals surface area contributed by atoms with Gasteiger partial charge in [0.15, 0.2) is 0 Å². The fourth-order valence-electron chi connectivity index (χ4n) is 1.31. The van der Waals surface area contributed by atoms with Crippen LogP contribution in [-0.4, -0.2) is 13.1 Å². The molecule has 0 spiro atoms. The number of aryl methyl sites for hydroxylation is 1. The van der Waals surface area contributed by atoms with Crippen LogP contribution in [0.25, 0.3) is 0 Å². The van der Waals surface area contributed by atoms with Crippen molar-refractivity contribution in [3.8, 4) is 0 Å². The first-order chi connectivity index (χ1) is 6.43. The average Bonchev–Trinajstić information content (AvgIpc) is 2.19. The smallest absolute Gasteiger partial charge is 0.00457 e. The number of rotatable bonds is 6. The van der Waals surface area contributed by atoms with E-state index in [0.717, 1.165) is 19.5 Å². The maximum Gasteiger partial charge on any atom is -0.00457 e. The summed E-state index contributed by atoms with van der Waals surface area (Å²) in [5.74, 6) is 0. The molecule has 1 heteroatoms.